The average Bonchev–Trinajstić information content (AvgIpc) is 2.38. The van der Waals surface area contributed by atoms with E-state index in [2.05, 4.69) is 66.0 Å². The molecule has 0 spiro atoms. The van der Waals surface area contributed by atoms with Crippen LogP contribution in [0.25, 0.3) is 0 Å². The number of nitrogens with one attached hydrogen (secondary N) is 1. The highest BCUT2D eigenvalue weighted by Crippen LogP contribution is 2.29. The van der Waals surface area contributed by atoms with E-state index in [0.29, 0.717) is 11.5 Å². The highest BCUT2D eigenvalue weighted by Gasteiger charge is 2.27. The molecule has 1 unspecified atom stereocenters. The molecule has 1 aromatic carbocycles. The fourth-order valence-electron chi connectivity index (χ4n) is 2.31. The maximum absolute atomic E-state index is 5.44. The molecule has 2 nitrogen and oxygen atoms in total. The van der Waals surface area contributed by atoms with Gasteiger partial charge in [0.1, 0.15) is 0 Å². The Morgan fingerprint density at radius 2 is 1.89 bits per heavy atom. The molecule has 18 heavy (non-hydrogen) atoms. The minimum atomic E-state index is 0.399. The second-order valence-corrected chi connectivity index (χ2v) is 6.82. The lowest BCUT2D eigenvalue weighted by Gasteiger charge is -2.34. The van der Waals surface area contributed by atoms with E-state index < -0.39 is 0 Å². The Morgan fingerprint density at radius 3 is 2.50 bits per heavy atom. The lowest BCUT2D eigenvalue weighted by atomic mass is 9.82. The van der Waals surface area contributed by atoms with Crippen molar-refractivity contribution in [1.29, 1.82) is 0 Å². The summed E-state index contributed by atoms with van der Waals surface area (Å²) in [6.07, 6.45) is 2.33. The van der Waals surface area contributed by atoms with Gasteiger partial charge in [0.2, 0.25) is 0 Å². The standard InChI is InChI=1S/C15H22INO/c1-12(13-3-5-14(16)6-4-13)17-11-15(2)7-9-18-10-8-15/h3-6,12,17H,7-11H2,1-2H3. The van der Waals surface area contributed by atoms with Crippen LogP contribution in [0.4, 0.5) is 0 Å². The number of ether oxygens (including phenoxy) is 1. The van der Waals surface area contributed by atoms with Gasteiger partial charge in [-0.1, -0.05) is 19.1 Å². The minimum absolute atomic E-state index is 0.399. The zero-order valence-corrected chi connectivity index (χ0v) is 13.4. The zero-order chi connectivity index (χ0) is 13.0. The predicted octanol–water partition coefficient (Wildman–Crippen LogP) is 3.76. The van der Waals surface area contributed by atoms with Gasteiger partial charge in [-0.15, -0.1) is 0 Å². The van der Waals surface area contributed by atoms with Crippen LogP contribution in [-0.4, -0.2) is 19.8 Å². The van der Waals surface area contributed by atoms with Crippen LogP contribution >= 0.6 is 22.6 Å². The van der Waals surface area contributed by atoms with E-state index in [1.165, 1.54) is 22.0 Å². The molecule has 100 valence electrons. The number of hydrogen-bond donors (Lipinski definition) is 1. The Kier molecular flexibility index (Phi) is 5.04. The molecule has 0 amide bonds. The molecular weight excluding hydrogens is 337 g/mol. The van der Waals surface area contributed by atoms with Gasteiger partial charge in [-0.05, 0) is 65.5 Å². The highest BCUT2D eigenvalue weighted by atomic mass is 127. The Hall–Kier alpha value is -0.130. The normalized spacial score (nSPS) is 20.6. The number of benzene rings is 1. The molecule has 1 aromatic rings. The van der Waals surface area contributed by atoms with Gasteiger partial charge < -0.3 is 10.1 Å². The van der Waals surface area contributed by atoms with Crippen molar-refractivity contribution in [3.05, 3.63) is 33.4 Å². The minimum Gasteiger partial charge on any atom is -0.381 e. The maximum atomic E-state index is 5.44. The quantitative estimate of drug-likeness (QED) is 0.827. The van der Waals surface area contributed by atoms with E-state index in [-0.39, 0.29) is 0 Å². The number of halogens is 1. The molecule has 1 aliphatic rings. The van der Waals surface area contributed by atoms with Crippen LogP contribution in [0.3, 0.4) is 0 Å². The fourth-order valence-corrected chi connectivity index (χ4v) is 2.67. The first kappa shape index (κ1) is 14.3. The molecule has 0 saturated carbocycles. The Bertz CT molecular complexity index is 371. The highest BCUT2D eigenvalue weighted by molar-refractivity contribution is 14.1. The molecule has 1 aliphatic heterocycles. The lowest BCUT2D eigenvalue weighted by Crippen LogP contribution is -2.37. The molecule has 0 radical (unpaired) electrons. The van der Waals surface area contributed by atoms with Crippen molar-refractivity contribution < 1.29 is 4.74 Å². The van der Waals surface area contributed by atoms with Gasteiger partial charge in [-0.2, -0.15) is 0 Å². The predicted molar refractivity (Wildman–Crippen MR) is 83.7 cm³/mol. The fraction of sp³-hybridized carbons (Fsp3) is 0.600. The molecule has 1 heterocycles. The van der Waals surface area contributed by atoms with Crippen LogP contribution in [0.15, 0.2) is 24.3 Å². The summed E-state index contributed by atoms with van der Waals surface area (Å²) >= 11 is 2.34. The van der Waals surface area contributed by atoms with Crippen LogP contribution in [-0.2, 0) is 4.74 Å². The number of hydrogen-bond acceptors (Lipinski definition) is 2. The van der Waals surface area contributed by atoms with E-state index in [1.807, 2.05) is 0 Å². The molecule has 1 fully saturated rings. The van der Waals surface area contributed by atoms with Crippen LogP contribution in [0.1, 0.15) is 38.3 Å². The smallest absolute Gasteiger partial charge is 0.0471 e. The first-order valence-corrected chi connectivity index (χ1v) is 7.74. The molecule has 0 aliphatic carbocycles. The lowest BCUT2D eigenvalue weighted by molar-refractivity contribution is 0.0231. The molecule has 0 bridgehead atoms. The van der Waals surface area contributed by atoms with E-state index >= 15 is 0 Å². The molecular formula is C15H22INO. The van der Waals surface area contributed by atoms with Gasteiger partial charge in [0.05, 0.1) is 0 Å². The zero-order valence-electron chi connectivity index (χ0n) is 11.2. The Labute approximate surface area is 124 Å². The largest absolute Gasteiger partial charge is 0.381 e. The number of rotatable bonds is 4. The van der Waals surface area contributed by atoms with E-state index in [9.17, 15) is 0 Å². The van der Waals surface area contributed by atoms with Gasteiger partial charge in [0.15, 0.2) is 0 Å². The second kappa shape index (κ2) is 6.35. The third-order valence-corrected chi connectivity index (χ3v) is 4.62. The monoisotopic (exact) mass is 359 g/mol. The summed E-state index contributed by atoms with van der Waals surface area (Å²) in [5, 5.41) is 3.67. The van der Waals surface area contributed by atoms with Gasteiger partial charge in [0, 0.05) is 29.4 Å². The molecule has 1 atom stereocenters. The van der Waals surface area contributed by atoms with E-state index in [4.69, 9.17) is 4.74 Å². The second-order valence-electron chi connectivity index (χ2n) is 5.58. The van der Waals surface area contributed by atoms with Crippen molar-refractivity contribution in [2.24, 2.45) is 5.41 Å². The molecule has 0 aromatic heterocycles. The van der Waals surface area contributed by atoms with Crippen molar-refractivity contribution >= 4 is 22.6 Å². The van der Waals surface area contributed by atoms with Crippen LogP contribution in [0.2, 0.25) is 0 Å². The van der Waals surface area contributed by atoms with Crippen molar-refractivity contribution in [2.75, 3.05) is 19.8 Å². The van der Waals surface area contributed by atoms with Crippen LogP contribution in [0.5, 0.6) is 0 Å². The van der Waals surface area contributed by atoms with E-state index in [1.54, 1.807) is 0 Å². The van der Waals surface area contributed by atoms with Gasteiger partial charge in [-0.3, -0.25) is 0 Å². The summed E-state index contributed by atoms with van der Waals surface area (Å²) in [6.45, 7) is 7.50. The molecule has 1 N–H and O–H groups in total. The average molecular weight is 359 g/mol. The summed E-state index contributed by atoms with van der Waals surface area (Å²) in [6, 6.07) is 9.19. The third kappa shape index (κ3) is 3.93. The topological polar surface area (TPSA) is 21.3 Å². The molecule has 3 heteroatoms. The summed E-state index contributed by atoms with van der Waals surface area (Å²) in [7, 11) is 0. The third-order valence-electron chi connectivity index (χ3n) is 3.90. The first-order valence-electron chi connectivity index (χ1n) is 6.66. The summed E-state index contributed by atoms with van der Waals surface area (Å²) < 4.78 is 6.73. The summed E-state index contributed by atoms with van der Waals surface area (Å²) in [4.78, 5) is 0. The Morgan fingerprint density at radius 1 is 1.28 bits per heavy atom. The molecule has 2 rings (SSSR count). The van der Waals surface area contributed by atoms with Crippen molar-refractivity contribution in [3.63, 3.8) is 0 Å². The molecule has 1 saturated heterocycles. The van der Waals surface area contributed by atoms with E-state index in [0.717, 1.165) is 19.8 Å². The summed E-state index contributed by atoms with van der Waals surface area (Å²) in [5.41, 5.74) is 1.77. The maximum Gasteiger partial charge on any atom is 0.0471 e. The van der Waals surface area contributed by atoms with Gasteiger partial charge >= 0.3 is 0 Å². The van der Waals surface area contributed by atoms with Crippen molar-refractivity contribution in [2.45, 2.75) is 32.7 Å². The van der Waals surface area contributed by atoms with Crippen molar-refractivity contribution in [1.82, 2.24) is 5.32 Å². The SMILES string of the molecule is CC(NCC1(C)CCOCC1)c1ccc(I)cc1. The van der Waals surface area contributed by atoms with Gasteiger partial charge in [-0.25, -0.2) is 0 Å². The van der Waals surface area contributed by atoms with Crippen LogP contribution < -0.4 is 5.32 Å². The first-order chi connectivity index (χ1) is 8.59. The van der Waals surface area contributed by atoms with Gasteiger partial charge in [0.25, 0.3) is 0 Å². The van der Waals surface area contributed by atoms with Crippen LogP contribution in [0, 0.1) is 8.99 Å². The summed E-state index contributed by atoms with van der Waals surface area (Å²) in [5.74, 6) is 0. The van der Waals surface area contributed by atoms with Crippen molar-refractivity contribution in [3.8, 4) is 0 Å². The Balaban J connectivity index is 1.87.